The van der Waals surface area contributed by atoms with Gasteiger partial charge in [-0.05, 0) is 53.2 Å². The molecule has 38 heavy (non-hydrogen) atoms. The lowest BCUT2D eigenvalue weighted by Gasteiger charge is -2.31. The summed E-state index contributed by atoms with van der Waals surface area (Å²) in [6.07, 6.45) is 3.38. The van der Waals surface area contributed by atoms with Crippen molar-refractivity contribution in [3.05, 3.63) is 65.2 Å². The number of ether oxygens (including phenoxy) is 1. The highest BCUT2D eigenvalue weighted by molar-refractivity contribution is 7.80. The Kier molecular flexibility index (Phi) is 9.26. The molecule has 0 bridgehead atoms. The molecule has 3 rings (SSSR count). The predicted octanol–water partition coefficient (Wildman–Crippen LogP) is 7.85. The Bertz CT molecular complexity index is 1330. The molecule has 0 fully saturated rings. The molecule has 7 heteroatoms. The van der Waals surface area contributed by atoms with E-state index in [-0.39, 0.29) is 22.1 Å². The van der Waals surface area contributed by atoms with Crippen LogP contribution in [0.5, 0.6) is 11.5 Å². The number of benzene rings is 3. The second kappa shape index (κ2) is 11.9. The van der Waals surface area contributed by atoms with Gasteiger partial charge in [-0.15, -0.1) is 0 Å². The van der Waals surface area contributed by atoms with Gasteiger partial charge in [0, 0.05) is 17.5 Å². The zero-order valence-corrected chi connectivity index (χ0v) is 24.6. The third kappa shape index (κ3) is 6.05. The van der Waals surface area contributed by atoms with Crippen LogP contribution < -0.4 is 14.8 Å². The van der Waals surface area contributed by atoms with E-state index >= 15 is 0 Å². The zero-order chi connectivity index (χ0) is 28.3. The van der Waals surface area contributed by atoms with Crippen molar-refractivity contribution in [2.45, 2.75) is 85.0 Å². The first-order valence-corrected chi connectivity index (χ1v) is 14.5. The molecule has 0 spiro atoms. The lowest BCUT2D eigenvalue weighted by atomic mass is 9.76. The van der Waals surface area contributed by atoms with Crippen molar-refractivity contribution >= 4 is 33.6 Å². The van der Waals surface area contributed by atoms with Gasteiger partial charge in [0.25, 0.3) is 17.2 Å². The van der Waals surface area contributed by atoms with Crippen molar-refractivity contribution in [1.29, 1.82) is 0 Å². The fourth-order valence-corrected chi connectivity index (χ4v) is 5.16. The normalized spacial score (nSPS) is 12.9. The smallest absolute Gasteiger partial charge is 0.261 e. The topological polar surface area (TPSA) is 92.9 Å². The number of anilines is 1. The minimum Gasteiger partial charge on any atom is -0.456 e. The number of carbonyl (C=O) groups is 1. The van der Waals surface area contributed by atoms with Crippen LogP contribution >= 0.6 is 0 Å². The van der Waals surface area contributed by atoms with Gasteiger partial charge >= 0.3 is 0 Å². The maximum absolute atomic E-state index is 13.0. The fraction of sp³-hybridized carbons (Fsp3) is 0.452. The number of unbranched alkanes of at least 4 members (excludes halogenated alkanes) is 1. The van der Waals surface area contributed by atoms with E-state index < -0.39 is 17.2 Å². The van der Waals surface area contributed by atoms with Gasteiger partial charge in [0.15, 0.2) is 0 Å². The highest BCUT2D eigenvalue weighted by Crippen LogP contribution is 2.44. The molecular weight excluding hydrogens is 496 g/mol. The van der Waals surface area contributed by atoms with Crippen LogP contribution in [-0.2, 0) is 22.1 Å². The lowest BCUT2D eigenvalue weighted by Crippen LogP contribution is -2.29. The lowest BCUT2D eigenvalue weighted by molar-refractivity contribution is 0.0999. The number of primary amides is 1. The summed E-state index contributed by atoms with van der Waals surface area (Å²) in [5.74, 6) is 0.197. The summed E-state index contributed by atoms with van der Waals surface area (Å²) in [6.45, 7) is 15.4. The summed E-state index contributed by atoms with van der Waals surface area (Å²) in [5.41, 5.74) is 8.43. The maximum Gasteiger partial charge on any atom is 0.261 e. The van der Waals surface area contributed by atoms with E-state index in [4.69, 9.17) is 10.5 Å². The average molecular weight is 539 g/mol. The number of fused-ring (bicyclic) bond motifs is 1. The van der Waals surface area contributed by atoms with Gasteiger partial charge in [-0.25, -0.2) is 4.21 Å². The highest BCUT2D eigenvalue weighted by Gasteiger charge is 2.30. The molecule has 3 aromatic carbocycles. The summed E-state index contributed by atoms with van der Waals surface area (Å²) in [7, 11) is 0. The number of rotatable bonds is 12. The van der Waals surface area contributed by atoms with Gasteiger partial charge in [0.2, 0.25) is 0 Å². The molecule has 0 aliphatic carbocycles. The first kappa shape index (κ1) is 29.7. The summed E-state index contributed by atoms with van der Waals surface area (Å²) in [5, 5.41) is 1.45. The molecule has 1 amide bonds. The number of amides is 1. The van der Waals surface area contributed by atoms with Crippen molar-refractivity contribution in [3.63, 3.8) is 0 Å². The van der Waals surface area contributed by atoms with Crippen LogP contribution in [0.4, 0.5) is 5.69 Å². The molecule has 6 nitrogen and oxygen atoms in total. The summed E-state index contributed by atoms with van der Waals surface area (Å²) < 4.78 is 30.7. The van der Waals surface area contributed by atoms with Crippen molar-refractivity contribution < 1.29 is 18.3 Å². The largest absolute Gasteiger partial charge is 0.456 e. The van der Waals surface area contributed by atoms with Crippen LogP contribution in [-0.4, -0.2) is 21.2 Å². The van der Waals surface area contributed by atoms with Gasteiger partial charge in [-0.1, -0.05) is 91.3 Å². The number of hydrogen-bond acceptors (Lipinski definition) is 3. The van der Waals surface area contributed by atoms with Gasteiger partial charge in [0.1, 0.15) is 17.1 Å². The molecule has 0 saturated heterocycles. The molecule has 206 valence electrons. The highest BCUT2D eigenvalue weighted by atomic mass is 32.2. The van der Waals surface area contributed by atoms with Crippen LogP contribution in [0, 0.1) is 0 Å². The number of nitrogens with zero attached hydrogens (tertiary/aromatic N) is 1. The van der Waals surface area contributed by atoms with E-state index in [1.54, 1.807) is 6.07 Å². The van der Waals surface area contributed by atoms with Crippen molar-refractivity contribution in [3.8, 4) is 11.5 Å². The summed E-state index contributed by atoms with van der Waals surface area (Å²) >= 11 is -2.36. The van der Waals surface area contributed by atoms with Crippen molar-refractivity contribution in [2.75, 3.05) is 10.8 Å². The minimum atomic E-state index is -2.36. The molecule has 1 atom stereocenters. The Hall–Kier alpha value is -2.90. The predicted molar refractivity (Wildman–Crippen MR) is 159 cm³/mol. The number of carbonyl (C=O) groups excluding carboxylic acids is 1. The van der Waals surface area contributed by atoms with Crippen LogP contribution in [0.1, 0.15) is 95.6 Å². The van der Waals surface area contributed by atoms with E-state index in [2.05, 4.69) is 53.7 Å². The first-order valence-electron chi connectivity index (χ1n) is 13.4. The molecule has 0 saturated carbocycles. The number of hydrogen-bond donors (Lipinski definition) is 2. The molecule has 0 aliphatic rings. The van der Waals surface area contributed by atoms with Crippen molar-refractivity contribution in [1.82, 2.24) is 0 Å². The van der Waals surface area contributed by atoms with Gasteiger partial charge in [-0.2, -0.15) is 0 Å². The van der Waals surface area contributed by atoms with E-state index in [9.17, 15) is 13.6 Å². The van der Waals surface area contributed by atoms with Gasteiger partial charge in [-0.3, -0.25) is 13.7 Å². The SMILES string of the molecule is CCCCN(c1c(C(N)=O)c(Oc2ccc(C(C)(C)CC)cc2C(C)(C)CC)cc2ccccc12)S(=O)O. The fourth-order valence-electron chi connectivity index (χ4n) is 4.53. The second-order valence-corrected chi connectivity index (χ2v) is 12.1. The Morgan fingerprint density at radius 2 is 1.63 bits per heavy atom. The molecule has 0 heterocycles. The van der Waals surface area contributed by atoms with Crippen LogP contribution in [0.2, 0.25) is 0 Å². The molecular formula is C31H42N2O4S. The first-order chi connectivity index (χ1) is 17.9. The van der Waals surface area contributed by atoms with Crippen LogP contribution in [0.25, 0.3) is 10.8 Å². The third-order valence-corrected chi connectivity index (χ3v) is 8.60. The molecule has 0 aliphatic heterocycles. The Balaban J connectivity index is 2.32. The summed E-state index contributed by atoms with van der Waals surface area (Å²) in [6, 6.07) is 15.5. The molecule has 0 aromatic heterocycles. The molecule has 1 unspecified atom stereocenters. The Morgan fingerprint density at radius 1 is 0.974 bits per heavy atom. The molecule has 3 aromatic rings. The third-order valence-electron chi connectivity index (χ3n) is 7.86. The van der Waals surface area contributed by atoms with Crippen LogP contribution in [0.3, 0.4) is 0 Å². The average Bonchev–Trinajstić information content (AvgIpc) is 2.88. The maximum atomic E-state index is 13.0. The van der Waals surface area contributed by atoms with Gasteiger partial charge < -0.3 is 10.5 Å². The number of nitrogens with two attached hydrogens (primary N) is 1. The van der Waals surface area contributed by atoms with Crippen molar-refractivity contribution in [2.24, 2.45) is 5.73 Å². The minimum absolute atomic E-state index is 0.00340. The van der Waals surface area contributed by atoms with E-state index in [0.29, 0.717) is 29.8 Å². The van der Waals surface area contributed by atoms with E-state index in [1.165, 1.54) is 9.87 Å². The quantitative estimate of drug-likeness (QED) is 0.230. The second-order valence-electron chi connectivity index (χ2n) is 11.2. The zero-order valence-electron chi connectivity index (χ0n) is 23.8. The summed E-state index contributed by atoms with van der Waals surface area (Å²) in [4.78, 5) is 13.0. The van der Waals surface area contributed by atoms with Gasteiger partial charge in [0.05, 0.1) is 5.69 Å². The molecule has 3 N–H and O–H groups in total. The Morgan fingerprint density at radius 3 is 2.21 bits per heavy atom. The van der Waals surface area contributed by atoms with Crippen LogP contribution in [0.15, 0.2) is 48.5 Å². The Labute approximate surface area is 230 Å². The molecule has 0 radical (unpaired) electrons. The standard InChI is InChI=1S/C31H42N2O4S/c1-8-11-18-33(38(35)36)28-23-15-13-12-14-21(23)19-26(27(28)29(32)34)37-25-17-16-22(30(4,5)9-2)20-24(25)31(6,7)10-3/h12-17,19-20H,8-11,18H2,1-7H3,(H2,32,34)(H,35,36). The van der Waals surface area contributed by atoms with E-state index in [0.717, 1.165) is 30.2 Å². The monoisotopic (exact) mass is 538 g/mol. The van der Waals surface area contributed by atoms with E-state index in [1.807, 2.05) is 37.3 Å².